The molecular weight excluding hydrogens is 496 g/mol. The Balaban J connectivity index is 1.54. The van der Waals surface area contributed by atoms with E-state index in [9.17, 15) is 14.4 Å². The van der Waals surface area contributed by atoms with Gasteiger partial charge in [-0.3, -0.25) is 4.79 Å². The van der Waals surface area contributed by atoms with Gasteiger partial charge < -0.3 is 32.8 Å². The predicted octanol–water partition coefficient (Wildman–Crippen LogP) is 5.01. The summed E-state index contributed by atoms with van der Waals surface area (Å²) in [4.78, 5) is 37.5. The molecule has 0 fully saturated rings. The minimum atomic E-state index is -0.683. The van der Waals surface area contributed by atoms with Gasteiger partial charge in [-0.1, -0.05) is 0 Å². The van der Waals surface area contributed by atoms with E-state index < -0.39 is 17.4 Å². The quantitative estimate of drug-likeness (QED) is 0.220. The van der Waals surface area contributed by atoms with Crippen molar-refractivity contribution in [3.63, 3.8) is 0 Å². The number of rotatable bonds is 9. The standard InChI is InChI=1S/C28H24O10/c1-5-35-27(30)16-6-8-18(9-7-16)37-24-15-36-21-14-19(10-11-20(21)25(24)29)38-28(31)17-12-22(32-2)26(34-4)23(13-17)33-3/h6-15H,5H2,1-4H3. The molecule has 0 spiro atoms. The molecule has 0 atom stereocenters. The number of hydrogen-bond acceptors (Lipinski definition) is 10. The van der Waals surface area contributed by atoms with Crippen molar-refractivity contribution in [2.75, 3.05) is 27.9 Å². The second-order valence-corrected chi connectivity index (χ2v) is 7.74. The average Bonchev–Trinajstić information content (AvgIpc) is 2.94. The van der Waals surface area contributed by atoms with E-state index in [0.717, 1.165) is 6.26 Å². The highest BCUT2D eigenvalue weighted by atomic mass is 16.5. The second-order valence-electron chi connectivity index (χ2n) is 7.74. The molecule has 0 N–H and O–H groups in total. The summed E-state index contributed by atoms with van der Waals surface area (Å²) in [6.07, 6.45) is 1.16. The van der Waals surface area contributed by atoms with Crippen molar-refractivity contribution in [2.45, 2.75) is 6.92 Å². The van der Waals surface area contributed by atoms with Crippen LogP contribution in [-0.2, 0) is 4.74 Å². The van der Waals surface area contributed by atoms with E-state index in [1.807, 2.05) is 0 Å². The number of ether oxygens (including phenoxy) is 6. The summed E-state index contributed by atoms with van der Waals surface area (Å²) in [5.74, 6) is 0.236. The van der Waals surface area contributed by atoms with E-state index >= 15 is 0 Å². The first-order valence-corrected chi connectivity index (χ1v) is 11.4. The number of carbonyl (C=O) groups excluding carboxylic acids is 2. The minimum Gasteiger partial charge on any atom is -0.493 e. The van der Waals surface area contributed by atoms with Crippen LogP contribution in [0.2, 0.25) is 0 Å². The maximum Gasteiger partial charge on any atom is 0.343 e. The number of esters is 2. The predicted molar refractivity (Wildman–Crippen MR) is 136 cm³/mol. The van der Waals surface area contributed by atoms with Crippen molar-refractivity contribution in [3.8, 4) is 34.5 Å². The topological polar surface area (TPSA) is 120 Å². The summed E-state index contributed by atoms with van der Waals surface area (Å²) in [6.45, 7) is 1.98. The molecule has 0 bridgehead atoms. The fraction of sp³-hybridized carbons (Fsp3) is 0.179. The first-order valence-electron chi connectivity index (χ1n) is 11.4. The molecule has 3 aromatic carbocycles. The fourth-order valence-corrected chi connectivity index (χ4v) is 3.59. The highest BCUT2D eigenvalue weighted by Crippen LogP contribution is 2.38. The third-order valence-electron chi connectivity index (χ3n) is 5.42. The van der Waals surface area contributed by atoms with Gasteiger partial charge >= 0.3 is 11.9 Å². The SMILES string of the molecule is CCOC(=O)c1ccc(Oc2coc3cc(OC(=O)c4cc(OC)c(OC)c(OC)c4)ccc3c2=O)cc1. The third kappa shape index (κ3) is 5.39. The van der Waals surface area contributed by atoms with E-state index in [-0.39, 0.29) is 34.6 Å². The highest BCUT2D eigenvalue weighted by molar-refractivity contribution is 5.93. The number of fused-ring (bicyclic) bond motifs is 1. The molecule has 196 valence electrons. The molecule has 4 aromatic rings. The van der Waals surface area contributed by atoms with Crippen LogP contribution in [0.15, 0.2) is 70.1 Å². The van der Waals surface area contributed by atoms with E-state index in [1.54, 1.807) is 19.1 Å². The lowest BCUT2D eigenvalue weighted by atomic mass is 10.1. The molecule has 0 aliphatic carbocycles. The number of methoxy groups -OCH3 is 3. The summed E-state index contributed by atoms with van der Waals surface area (Å²) in [5, 5.41) is 0.221. The summed E-state index contributed by atoms with van der Waals surface area (Å²) >= 11 is 0. The Hall–Kier alpha value is -4.99. The Morgan fingerprint density at radius 2 is 1.42 bits per heavy atom. The van der Waals surface area contributed by atoms with Crippen molar-refractivity contribution >= 4 is 22.9 Å². The molecule has 0 radical (unpaired) electrons. The molecular formula is C28H24O10. The molecule has 0 aliphatic rings. The van der Waals surface area contributed by atoms with Gasteiger partial charge in [0.15, 0.2) is 11.5 Å². The molecule has 1 aromatic heterocycles. The molecule has 38 heavy (non-hydrogen) atoms. The van der Waals surface area contributed by atoms with Crippen LogP contribution in [0.5, 0.6) is 34.5 Å². The lowest BCUT2D eigenvalue weighted by molar-refractivity contribution is 0.0526. The zero-order chi connectivity index (χ0) is 27.2. The van der Waals surface area contributed by atoms with Crippen LogP contribution in [0.3, 0.4) is 0 Å². The van der Waals surface area contributed by atoms with E-state index in [2.05, 4.69) is 0 Å². The first kappa shape index (κ1) is 26.1. The Kier molecular flexibility index (Phi) is 7.81. The lowest BCUT2D eigenvalue weighted by Gasteiger charge is -2.13. The Bertz CT molecular complexity index is 1510. The van der Waals surface area contributed by atoms with Crippen molar-refractivity contribution in [3.05, 3.63) is 82.2 Å². The number of hydrogen-bond donors (Lipinski definition) is 0. The summed E-state index contributed by atoms with van der Waals surface area (Å²) in [6, 6.07) is 13.4. The van der Waals surface area contributed by atoms with Gasteiger partial charge in [0.05, 0.1) is 44.4 Å². The van der Waals surface area contributed by atoms with Gasteiger partial charge in [0.2, 0.25) is 16.9 Å². The van der Waals surface area contributed by atoms with Crippen molar-refractivity contribution in [1.29, 1.82) is 0 Å². The summed E-state index contributed by atoms with van der Waals surface area (Å²) < 4.78 is 37.5. The van der Waals surface area contributed by atoms with Crippen LogP contribution >= 0.6 is 0 Å². The second kappa shape index (κ2) is 11.4. The van der Waals surface area contributed by atoms with Crippen LogP contribution < -0.4 is 29.1 Å². The van der Waals surface area contributed by atoms with Crippen molar-refractivity contribution in [1.82, 2.24) is 0 Å². The molecule has 0 aliphatic heterocycles. The molecule has 4 rings (SSSR count). The Morgan fingerprint density at radius 3 is 2.03 bits per heavy atom. The number of benzene rings is 3. The molecule has 10 nitrogen and oxygen atoms in total. The van der Waals surface area contributed by atoms with Crippen molar-refractivity contribution < 1.29 is 42.4 Å². The van der Waals surface area contributed by atoms with Crippen LogP contribution in [0.4, 0.5) is 0 Å². The Morgan fingerprint density at radius 1 is 0.763 bits per heavy atom. The average molecular weight is 520 g/mol. The molecule has 0 saturated heterocycles. The largest absolute Gasteiger partial charge is 0.493 e. The molecule has 10 heteroatoms. The van der Waals surface area contributed by atoms with Crippen LogP contribution in [0.1, 0.15) is 27.6 Å². The van der Waals surface area contributed by atoms with Crippen LogP contribution in [-0.4, -0.2) is 39.9 Å². The van der Waals surface area contributed by atoms with Gasteiger partial charge in [-0.2, -0.15) is 0 Å². The van der Waals surface area contributed by atoms with Gasteiger partial charge in [-0.25, -0.2) is 9.59 Å². The summed E-state index contributed by atoms with van der Waals surface area (Å²) in [5.41, 5.74) is 0.288. The molecule has 0 unspecified atom stereocenters. The van der Waals surface area contributed by atoms with Gasteiger partial charge in [0.25, 0.3) is 0 Å². The van der Waals surface area contributed by atoms with Crippen LogP contribution in [0, 0.1) is 0 Å². The normalized spacial score (nSPS) is 10.5. The Labute approximate surface area is 217 Å². The van der Waals surface area contributed by atoms with Crippen LogP contribution in [0.25, 0.3) is 11.0 Å². The van der Waals surface area contributed by atoms with Gasteiger partial charge in [-0.15, -0.1) is 0 Å². The third-order valence-corrected chi connectivity index (χ3v) is 5.42. The highest BCUT2D eigenvalue weighted by Gasteiger charge is 2.19. The van der Waals surface area contributed by atoms with Gasteiger partial charge in [0, 0.05) is 6.07 Å². The number of carbonyl (C=O) groups is 2. The monoisotopic (exact) mass is 520 g/mol. The first-order chi connectivity index (χ1) is 18.4. The van der Waals surface area contributed by atoms with E-state index in [4.69, 9.17) is 32.8 Å². The minimum absolute atomic E-state index is 0.0523. The molecule has 0 saturated carbocycles. The smallest absolute Gasteiger partial charge is 0.343 e. The van der Waals surface area contributed by atoms with E-state index in [1.165, 1.54) is 63.8 Å². The summed E-state index contributed by atoms with van der Waals surface area (Å²) in [7, 11) is 4.34. The zero-order valence-electron chi connectivity index (χ0n) is 21.1. The molecule has 0 amide bonds. The zero-order valence-corrected chi connectivity index (χ0v) is 21.1. The van der Waals surface area contributed by atoms with Gasteiger partial charge in [0.1, 0.15) is 23.3 Å². The maximum absolute atomic E-state index is 12.9. The van der Waals surface area contributed by atoms with E-state index in [0.29, 0.717) is 28.6 Å². The fourth-order valence-electron chi connectivity index (χ4n) is 3.59. The van der Waals surface area contributed by atoms with Crippen molar-refractivity contribution in [2.24, 2.45) is 0 Å². The van der Waals surface area contributed by atoms with Gasteiger partial charge in [-0.05, 0) is 55.5 Å². The molecule has 1 heterocycles. The maximum atomic E-state index is 12.9. The lowest BCUT2D eigenvalue weighted by Crippen LogP contribution is -2.10.